The first-order valence-corrected chi connectivity index (χ1v) is 8.33. The molecule has 1 atom stereocenters. The number of amides is 1. The molecule has 0 saturated heterocycles. The van der Waals surface area contributed by atoms with E-state index in [0.717, 1.165) is 5.75 Å². The Morgan fingerprint density at radius 3 is 2.52 bits per heavy atom. The van der Waals surface area contributed by atoms with Gasteiger partial charge in [0.15, 0.2) is 5.60 Å². The Bertz CT molecular complexity index is 774. The number of carbonyl (C=O) groups excluding carboxylic acids is 2. The normalized spacial score (nSPS) is 19.0. The number of hydrogen-bond acceptors (Lipinski definition) is 4. The molecule has 0 aliphatic carbocycles. The molecule has 5 heteroatoms. The topological polar surface area (TPSA) is 66.8 Å². The van der Waals surface area contributed by atoms with Crippen LogP contribution in [0.2, 0.25) is 0 Å². The van der Waals surface area contributed by atoms with E-state index in [4.69, 9.17) is 4.74 Å². The van der Waals surface area contributed by atoms with Crippen LogP contribution in [0.15, 0.2) is 54.6 Å². The minimum atomic E-state index is -1.76. The fourth-order valence-electron chi connectivity index (χ4n) is 3.19. The predicted molar refractivity (Wildman–Crippen MR) is 94.5 cm³/mol. The molecule has 1 aliphatic rings. The lowest BCUT2D eigenvalue weighted by molar-refractivity contribution is -0.141. The van der Waals surface area contributed by atoms with E-state index in [2.05, 4.69) is 0 Å². The van der Waals surface area contributed by atoms with Crippen molar-refractivity contribution >= 4 is 17.4 Å². The number of ether oxygens (including phenoxy) is 1. The zero-order valence-electron chi connectivity index (χ0n) is 14.1. The third-order valence-corrected chi connectivity index (χ3v) is 4.28. The SMILES string of the molecule is CC(=O)C[C@@]1(O)C(=O)N(CCCOc2ccccc2)c2ccccc21. The van der Waals surface area contributed by atoms with Gasteiger partial charge in [-0.2, -0.15) is 0 Å². The Hall–Kier alpha value is -2.66. The van der Waals surface area contributed by atoms with E-state index >= 15 is 0 Å². The Morgan fingerprint density at radius 1 is 1.12 bits per heavy atom. The molecule has 2 aromatic carbocycles. The molecule has 130 valence electrons. The quantitative estimate of drug-likeness (QED) is 0.788. The predicted octanol–water partition coefficient (Wildman–Crippen LogP) is 2.67. The fraction of sp³-hybridized carbons (Fsp3) is 0.300. The van der Waals surface area contributed by atoms with Crippen molar-refractivity contribution in [3.63, 3.8) is 0 Å². The summed E-state index contributed by atoms with van der Waals surface area (Å²) in [5.41, 5.74) is -0.599. The highest BCUT2D eigenvalue weighted by Crippen LogP contribution is 2.42. The smallest absolute Gasteiger partial charge is 0.264 e. The van der Waals surface area contributed by atoms with Gasteiger partial charge in [-0.25, -0.2) is 0 Å². The monoisotopic (exact) mass is 339 g/mol. The third kappa shape index (κ3) is 3.42. The van der Waals surface area contributed by atoms with Gasteiger partial charge in [0.1, 0.15) is 11.5 Å². The largest absolute Gasteiger partial charge is 0.494 e. The average molecular weight is 339 g/mol. The molecule has 0 fully saturated rings. The first-order valence-electron chi connectivity index (χ1n) is 8.33. The first-order chi connectivity index (χ1) is 12.0. The fourth-order valence-corrected chi connectivity index (χ4v) is 3.19. The number of hydrogen-bond donors (Lipinski definition) is 1. The number of Topliss-reactive ketones (excluding diaryl/α,β-unsaturated/α-hetero) is 1. The molecule has 0 bridgehead atoms. The van der Waals surface area contributed by atoms with Crippen molar-refractivity contribution in [2.24, 2.45) is 0 Å². The summed E-state index contributed by atoms with van der Waals surface area (Å²) in [6.07, 6.45) is 0.408. The molecule has 0 unspecified atom stereocenters. The standard InChI is InChI=1S/C20H21NO4/c1-15(22)14-20(24)17-10-5-6-11-18(17)21(19(20)23)12-7-13-25-16-8-3-2-4-9-16/h2-6,8-11,24H,7,12-14H2,1H3/t20-/m0/s1. The number of aliphatic hydroxyl groups is 1. The van der Waals surface area contributed by atoms with Crippen LogP contribution in [0.4, 0.5) is 5.69 Å². The highest BCUT2D eigenvalue weighted by atomic mass is 16.5. The molecule has 0 radical (unpaired) electrons. The van der Waals surface area contributed by atoms with Crippen LogP contribution in [0.25, 0.3) is 0 Å². The molecular weight excluding hydrogens is 318 g/mol. The van der Waals surface area contributed by atoms with Crippen molar-refractivity contribution in [1.82, 2.24) is 0 Å². The minimum Gasteiger partial charge on any atom is -0.494 e. The number of fused-ring (bicyclic) bond motifs is 1. The summed E-state index contributed by atoms with van der Waals surface area (Å²) in [6.45, 7) is 2.26. The van der Waals surface area contributed by atoms with Gasteiger partial charge < -0.3 is 14.7 Å². The Balaban J connectivity index is 1.69. The van der Waals surface area contributed by atoms with Crippen LogP contribution in [0.3, 0.4) is 0 Å². The maximum absolute atomic E-state index is 12.8. The number of ketones is 1. The van der Waals surface area contributed by atoms with Crippen molar-refractivity contribution in [3.05, 3.63) is 60.2 Å². The number of anilines is 1. The Morgan fingerprint density at radius 2 is 1.80 bits per heavy atom. The molecule has 5 nitrogen and oxygen atoms in total. The second kappa shape index (κ2) is 7.07. The maximum Gasteiger partial charge on any atom is 0.264 e. The highest BCUT2D eigenvalue weighted by Gasteiger charge is 2.49. The Labute approximate surface area is 146 Å². The number of carbonyl (C=O) groups is 2. The summed E-state index contributed by atoms with van der Waals surface area (Å²) in [6, 6.07) is 16.6. The van der Waals surface area contributed by atoms with Gasteiger partial charge in [0, 0.05) is 18.5 Å². The van der Waals surface area contributed by atoms with E-state index in [9.17, 15) is 14.7 Å². The van der Waals surface area contributed by atoms with Gasteiger partial charge in [-0.05, 0) is 31.5 Å². The molecule has 0 aromatic heterocycles. The van der Waals surface area contributed by atoms with Crippen LogP contribution >= 0.6 is 0 Å². The van der Waals surface area contributed by atoms with Crippen LogP contribution in [0.5, 0.6) is 5.75 Å². The summed E-state index contributed by atoms with van der Waals surface area (Å²) in [5.74, 6) is 0.118. The Kier molecular flexibility index (Phi) is 4.86. The lowest BCUT2D eigenvalue weighted by Gasteiger charge is -2.22. The molecule has 1 heterocycles. The molecule has 0 saturated carbocycles. The van der Waals surface area contributed by atoms with Crippen molar-refractivity contribution in [1.29, 1.82) is 0 Å². The molecular formula is C20H21NO4. The van der Waals surface area contributed by atoms with Gasteiger partial charge in [0.05, 0.1) is 12.3 Å². The van der Waals surface area contributed by atoms with E-state index in [0.29, 0.717) is 30.8 Å². The molecule has 1 aliphatic heterocycles. The van der Waals surface area contributed by atoms with Crippen LogP contribution in [0, 0.1) is 0 Å². The number of benzene rings is 2. The zero-order valence-corrected chi connectivity index (χ0v) is 14.1. The molecule has 1 amide bonds. The lowest BCUT2D eigenvalue weighted by Crippen LogP contribution is -2.42. The number of rotatable bonds is 7. The second-order valence-corrected chi connectivity index (χ2v) is 6.23. The van der Waals surface area contributed by atoms with Gasteiger partial charge in [-0.1, -0.05) is 36.4 Å². The summed E-state index contributed by atoms with van der Waals surface area (Å²) in [7, 11) is 0. The maximum atomic E-state index is 12.8. The van der Waals surface area contributed by atoms with Gasteiger partial charge in [-0.3, -0.25) is 9.59 Å². The summed E-state index contributed by atoms with van der Waals surface area (Å²) in [4.78, 5) is 25.8. The van der Waals surface area contributed by atoms with Crippen molar-refractivity contribution in [3.8, 4) is 5.75 Å². The van der Waals surface area contributed by atoms with Crippen molar-refractivity contribution in [2.75, 3.05) is 18.1 Å². The van der Waals surface area contributed by atoms with Crippen LogP contribution in [0.1, 0.15) is 25.3 Å². The van der Waals surface area contributed by atoms with Gasteiger partial charge >= 0.3 is 0 Å². The van der Waals surface area contributed by atoms with E-state index in [1.54, 1.807) is 23.1 Å². The molecule has 3 rings (SSSR count). The third-order valence-electron chi connectivity index (χ3n) is 4.28. The lowest BCUT2D eigenvalue weighted by atomic mass is 9.90. The van der Waals surface area contributed by atoms with Crippen LogP contribution in [-0.2, 0) is 15.2 Å². The molecule has 1 N–H and O–H groups in total. The molecule has 0 spiro atoms. The van der Waals surface area contributed by atoms with Crippen molar-refractivity contribution < 1.29 is 19.4 Å². The van der Waals surface area contributed by atoms with E-state index in [-0.39, 0.29) is 12.2 Å². The van der Waals surface area contributed by atoms with Crippen molar-refractivity contribution in [2.45, 2.75) is 25.4 Å². The first kappa shape index (κ1) is 17.2. The van der Waals surface area contributed by atoms with Crippen LogP contribution in [-0.4, -0.2) is 29.9 Å². The van der Waals surface area contributed by atoms with Gasteiger partial charge in [0.2, 0.25) is 0 Å². The summed E-state index contributed by atoms with van der Waals surface area (Å²) < 4.78 is 5.65. The number of nitrogens with zero attached hydrogens (tertiary/aromatic N) is 1. The van der Waals surface area contributed by atoms with Gasteiger partial charge in [-0.15, -0.1) is 0 Å². The average Bonchev–Trinajstić information content (AvgIpc) is 2.81. The molecule has 25 heavy (non-hydrogen) atoms. The van der Waals surface area contributed by atoms with E-state index < -0.39 is 11.5 Å². The second-order valence-electron chi connectivity index (χ2n) is 6.23. The highest BCUT2D eigenvalue weighted by molar-refractivity contribution is 6.08. The zero-order chi connectivity index (χ0) is 17.9. The van der Waals surface area contributed by atoms with E-state index in [1.165, 1.54) is 6.92 Å². The van der Waals surface area contributed by atoms with Gasteiger partial charge in [0.25, 0.3) is 5.91 Å². The minimum absolute atomic E-state index is 0.208. The van der Waals surface area contributed by atoms with E-state index in [1.807, 2.05) is 36.4 Å². The van der Waals surface area contributed by atoms with Crippen LogP contribution < -0.4 is 9.64 Å². The number of para-hydroxylation sites is 2. The summed E-state index contributed by atoms with van der Waals surface area (Å²) >= 11 is 0. The summed E-state index contributed by atoms with van der Waals surface area (Å²) in [5, 5.41) is 10.8. The molecule has 2 aromatic rings.